The normalized spacial score (nSPS) is 14.5. The number of rotatable bonds is 9. The van der Waals surface area contributed by atoms with Crippen LogP contribution in [-0.2, 0) is 0 Å². The maximum atomic E-state index is 12.9. The Bertz CT molecular complexity index is 1050. The Morgan fingerprint density at radius 1 is 0.941 bits per heavy atom. The van der Waals surface area contributed by atoms with Crippen molar-refractivity contribution in [2.24, 2.45) is 0 Å². The van der Waals surface area contributed by atoms with E-state index in [2.05, 4.69) is 95.6 Å². The summed E-state index contributed by atoms with van der Waals surface area (Å²) in [6.07, 6.45) is 3.77. The maximum Gasteiger partial charge on any atom is 0.254 e. The smallest absolute Gasteiger partial charge is 0.254 e. The molecule has 0 saturated carbocycles. The van der Waals surface area contributed by atoms with Gasteiger partial charge in [0.05, 0.1) is 23.1 Å². The summed E-state index contributed by atoms with van der Waals surface area (Å²) in [5.74, 6) is 0.164. The number of aryl methyl sites for hydroxylation is 1. The van der Waals surface area contributed by atoms with Crippen molar-refractivity contribution in [2.75, 3.05) is 44.2 Å². The number of unbranched alkanes of at least 4 members (excludes halogenated alkanes) is 1. The molecule has 1 N–H and O–H groups in total. The first-order valence-electron chi connectivity index (χ1n) is 12.5. The fourth-order valence-corrected chi connectivity index (χ4v) is 4.61. The Labute approximate surface area is 203 Å². The minimum Gasteiger partial charge on any atom is -0.369 e. The van der Waals surface area contributed by atoms with Crippen LogP contribution in [-0.4, -0.2) is 59.9 Å². The van der Waals surface area contributed by atoms with Crippen LogP contribution in [0.1, 0.15) is 54.2 Å². The number of carbonyl (C=O) groups excluding carboxylic acids is 1. The van der Waals surface area contributed by atoms with Crippen molar-refractivity contribution in [3.8, 4) is 5.69 Å². The van der Waals surface area contributed by atoms with E-state index in [1.165, 1.54) is 11.3 Å². The van der Waals surface area contributed by atoms with Crippen LogP contribution in [0, 0.1) is 6.92 Å². The van der Waals surface area contributed by atoms with Gasteiger partial charge < -0.3 is 10.2 Å². The van der Waals surface area contributed by atoms with Crippen LogP contribution in [0.2, 0.25) is 0 Å². The minimum atomic E-state index is -0.0291. The summed E-state index contributed by atoms with van der Waals surface area (Å²) in [6.45, 7) is 12.4. The highest BCUT2D eigenvalue weighted by molar-refractivity contribution is 5.95. The topological polar surface area (TPSA) is 53.4 Å². The Hall–Kier alpha value is -3.12. The average molecular weight is 460 g/mol. The molecule has 0 atom stereocenters. The molecule has 1 aliphatic heterocycles. The SMILES string of the molecule is Cc1ccc(-n2ncc(C(=O)NCCCCN3CCN(c4ccccc4)CC3)c2C(C)C)cc1. The van der Waals surface area contributed by atoms with Crippen molar-refractivity contribution in [3.63, 3.8) is 0 Å². The number of nitrogens with zero attached hydrogens (tertiary/aromatic N) is 4. The number of benzene rings is 2. The Morgan fingerprint density at radius 2 is 1.65 bits per heavy atom. The number of amides is 1. The van der Waals surface area contributed by atoms with Crippen LogP contribution >= 0.6 is 0 Å². The number of nitrogens with one attached hydrogen (secondary N) is 1. The lowest BCUT2D eigenvalue weighted by Crippen LogP contribution is -2.46. The molecule has 0 unspecified atom stereocenters. The molecule has 3 aromatic rings. The summed E-state index contributed by atoms with van der Waals surface area (Å²) >= 11 is 0. The molecule has 6 nitrogen and oxygen atoms in total. The third-order valence-corrected chi connectivity index (χ3v) is 6.56. The first-order chi connectivity index (χ1) is 16.5. The molecule has 0 radical (unpaired) electrons. The zero-order chi connectivity index (χ0) is 23.9. The molecule has 2 heterocycles. The molecular formula is C28H37N5O. The Balaban J connectivity index is 1.22. The van der Waals surface area contributed by atoms with Crippen molar-refractivity contribution in [1.82, 2.24) is 20.0 Å². The summed E-state index contributed by atoms with van der Waals surface area (Å²) in [4.78, 5) is 17.9. The highest BCUT2D eigenvalue weighted by atomic mass is 16.1. The lowest BCUT2D eigenvalue weighted by atomic mass is 10.0. The molecular weight excluding hydrogens is 422 g/mol. The van der Waals surface area contributed by atoms with E-state index >= 15 is 0 Å². The second-order valence-electron chi connectivity index (χ2n) is 9.47. The van der Waals surface area contributed by atoms with Crippen LogP contribution < -0.4 is 10.2 Å². The van der Waals surface area contributed by atoms with Gasteiger partial charge in [-0.2, -0.15) is 5.10 Å². The molecule has 0 aliphatic carbocycles. The monoisotopic (exact) mass is 459 g/mol. The van der Waals surface area contributed by atoms with Gasteiger partial charge in [-0.3, -0.25) is 9.69 Å². The Morgan fingerprint density at radius 3 is 2.32 bits per heavy atom. The number of carbonyl (C=O) groups is 1. The van der Waals surface area contributed by atoms with Gasteiger partial charge in [-0.1, -0.05) is 49.7 Å². The van der Waals surface area contributed by atoms with E-state index in [0.29, 0.717) is 12.1 Å². The summed E-state index contributed by atoms with van der Waals surface area (Å²) in [7, 11) is 0. The number of anilines is 1. The molecule has 0 spiro atoms. The molecule has 1 saturated heterocycles. The van der Waals surface area contributed by atoms with Gasteiger partial charge in [0.1, 0.15) is 0 Å². The van der Waals surface area contributed by atoms with Crippen LogP contribution in [0.4, 0.5) is 5.69 Å². The van der Waals surface area contributed by atoms with E-state index in [4.69, 9.17) is 0 Å². The number of hydrogen-bond acceptors (Lipinski definition) is 4. The predicted molar refractivity (Wildman–Crippen MR) is 139 cm³/mol. The van der Waals surface area contributed by atoms with Crippen LogP contribution in [0.3, 0.4) is 0 Å². The lowest BCUT2D eigenvalue weighted by molar-refractivity contribution is 0.0951. The summed E-state index contributed by atoms with van der Waals surface area (Å²) in [5.41, 5.74) is 5.14. The largest absolute Gasteiger partial charge is 0.369 e. The lowest BCUT2D eigenvalue weighted by Gasteiger charge is -2.36. The molecule has 1 aliphatic rings. The first kappa shape index (κ1) is 24.0. The molecule has 1 amide bonds. The zero-order valence-electron chi connectivity index (χ0n) is 20.7. The molecule has 4 rings (SSSR count). The minimum absolute atomic E-state index is 0.0291. The molecule has 2 aromatic carbocycles. The number of hydrogen-bond donors (Lipinski definition) is 1. The fraction of sp³-hybridized carbons (Fsp3) is 0.429. The highest BCUT2D eigenvalue weighted by Crippen LogP contribution is 2.23. The summed E-state index contributed by atoms with van der Waals surface area (Å²) in [6, 6.07) is 18.9. The quantitative estimate of drug-likeness (QED) is 0.474. The average Bonchev–Trinajstić information content (AvgIpc) is 3.31. The molecule has 0 bridgehead atoms. The third-order valence-electron chi connectivity index (χ3n) is 6.56. The Kier molecular flexibility index (Phi) is 8.01. The third kappa shape index (κ3) is 5.86. The highest BCUT2D eigenvalue weighted by Gasteiger charge is 2.21. The zero-order valence-corrected chi connectivity index (χ0v) is 20.7. The van der Waals surface area contributed by atoms with E-state index in [-0.39, 0.29) is 11.8 Å². The van der Waals surface area contributed by atoms with Crippen molar-refractivity contribution >= 4 is 11.6 Å². The van der Waals surface area contributed by atoms with E-state index in [0.717, 1.165) is 56.9 Å². The van der Waals surface area contributed by atoms with E-state index < -0.39 is 0 Å². The van der Waals surface area contributed by atoms with E-state index in [1.54, 1.807) is 6.20 Å². The second-order valence-corrected chi connectivity index (χ2v) is 9.47. The van der Waals surface area contributed by atoms with Crippen molar-refractivity contribution in [1.29, 1.82) is 0 Å². The van der Waals surface area contributed by atoms with Gasteiger partial charge in [0.2, 0.25) is 0 Å². The van der Waals surface area contributed by atoms with Gasteiger partial charge in [-0.25, -0.2) is 4.68 Å². The van der Waals surface area contributed by atoms with Crippen molar-refractivity contribution in [3.05, 3.63) is 77.6 Å². The molecule has 1 fully saturated rings. The molecule has 180 valence electrons. The fourth-order valence-electron chi connectivity index (χ4n) is 4.61. The maximum absolute atomic E-state index is 12.9. The van der Waals surface area contributed by atoms with E-state index in [9.17, 15) is 4.79 Å². The van der Waals surface area contributed by atoms with Crippen LogP contribution in [0.15, 0.2) is 60.8 Å². The van der Waals surface area contributed by atoms with Gasteiger partial charge in [-0.05, 0) is 56.5 Å². The van der Waals surface area contributed by atoms with Gasteiger partial charge in [0, 0.05) is 38.4 Å². The molecule has 1 aromatic heterocycles. The van der Waals surface area contributed by atoms with Crippen molar-refractivity contribution < 1.29 is 4.79 Å². The van der Waals surface area contributed by atoms with Crippen molar-refractivity contribution in [2.45, 2.75) is 39.5 Å². The van der Waals surface area contributed by atoms with E-state index in [1.807, 2.05) is 4.68 Å². The van der Waals surface area contributed by atoms with Gasteiger partial charge >= 0.3 is 0 Å². The van der Waals surface area contributed by atoms with Crippen LogP contribution in [0.5, 0.6) is 0 Å². The van der Waals surface area contributed by atoms with Crippen LogP contribution in [0.25, 0.3) is 5.69 Å². The summed E-state index contributed by atoms with van der Waals surface area (Å²) in [5, 5.41) is 7.65. The van der Waals surface area contributed by atoms with Gasteiger partial charge in [-0.15, -0.1) is 0 Å². The number of para-hydroxylation sites is 1. The van der Waals surface area contributed by atoms with Gasteiger partial charge in [0.25, 0.3) is 5.91 Å². The first-order valence-corrected chi connectivity index (χ1v) is 12.5. The standard InChI is InChI=1S/C28H37N5O/c1-22(2)27-26(21-30-33(27)25-13-11-23(3)12-14-25)28(34)29-15-7-8-16-31-17-19-32(20-18-31)24-9-5-4-6-10-24/h4-6,9-14,21-22H,7-8,15-20H2,1-3H3,(H,29,34). The molecule has 6 heteroatoms. The number of aromatic nitrogens is 2. The van der Waals surface area contributed by atoms with Gasteiger partial charge in [0.15, 0.2) is 0 Å². The summed E-state index contributed by atoms with van der Waals surface area (Å²) < 4.78 is 1.90. The second kappa shape index (κ2) is 11.3. The molecule has 34 heavy (non-hydrogen) atoms. The predicted octanol–water partition coefficient (Wildman–Crippen LogP) is 4.64. The number of piperazine rings is 1.